The van der Waals surface area contributed by atoms with Crippen molar-refractivity contribution in [3.8, 4) is 12.1 Å². The molecule has 2 N–H and O–H groups in total. The number of aliphatic hydroxyl groups is 2. The number of esters is 2. The van der Waals surface area contributed by atoms with Crippen LogP contribution in [0.3, 0.4) is 0 Å². The van der Waals surface area contributed by atoms with Crippen molar-refractivity contribution in [3.63, 3.8) is 0 Å². The van der Waals surface area contributed by atoms with Crippen molar-refractivity contribution in [2.75, 3.05) is 13.2 Å². The van der Waals surface area contributed by atoms with Gasteiger partial charge in [0.15, 0.2) is 0 Å². The maximum atomic E-state index is 13.9. The normalized spacial score (nSPS) is 13.6. The molecule has 0 fully saturated rings. The Kier molecular flexibility index (Phi) is 12.7. The Morgan fingerprint density at radius 1 is 0.617 bits per heavy atom. The lowest BCUT2D eigenvalue weighted by Gasteiger charge is -2.27. The van der Waals surface area contributed by atoms with Crippen LogP contribution in [0.5, 0.6) is 0 Å². The molecule has 0 saturated carbocycles. The van der Waals surface area contributed by atoms with Crippen LogP contribution in [0, 0.1) is 34.3 Å². The molecule has 0 saturated heterocycles. The Hall–Kier alpha value is -6.76. The van der Waals surface area contributed by atoms with Crippen molar-refractivity contribution in [2.24, 2.45) is 0 Å². The number of carbonyl (C=O) groups is 2. The van der Waals surface area contributed by atoms with E-state index < -0.39 is 58.3 Å². The number of nitrogens with zero attached hydrogens (tertiary/aromatic N) is 4. The molecule has 0 aliphatic rings. The van der Waals surface area contributed by atoms with Gasteiger partial charge in [-0.25, -0.2) is 18.4 Å². The highest BCUT2D eigenvalue weighted by atomic mass is 19.4. The van der Waals surface area contributed by atoms with Crippen molar-refractivity contribution in [1.29, 1.82) is 10.5 Å². The van der Waals surface area contributed by atoms with Crippen LogP contribution >= 0.6 is 0 Å². The lowest BCUT2D eigenvalue weighted by Crippen LogP contribution is -2.50. The molecule has 2 atom stereocenters. The van der Waals surface area contributed by atoms with E-state index in [1.54, 1.807) is 12.1 Å². The minimum Gasteiger partial charge on any atom is -0.463 e. The fourth-order valence-corrected chi connectivity index (χ4v) is 6.45. The van der Waals surface area contributed by atoms with Gasteiger partial charge in [0.25, 0.3) is 11.2 Å². The van der Waals surface area contributed by atoms with E-state index in [2.05, 4.69) is 9.47 Å². The first-order valence-electron chi connectivity index (χ1n) is 17.7. The van der Waals surface area contributed by atoms with Crippen LogP contribution < -0.4 is 0 Å². The number of benzene rings is 4. The third-order valence-corrected chi connectivity index (χ3v) is 9.25. The summed E-state index contributed by atoms with van der Waals surface area (Å²) in [4.78, 5) is 24.4. The second-order valence-electron chi connectivity index (χ2n) is 13.1. The molecule has 0 amide bonds. The molecule has 2 aromatic heterocycles. The van der Waals surface area contributed by atoms with Crippen LogP contribution in [-0.2, 0) is 43.4 Å². The summed E-state index contributed by atoms with van der Waals surface area (Å²) in [7, 11) is 0. The number of aromatic nitrogens is 2. The van der Waals surface area contributed by atoms with Crippen molar-refractivity contribution < 1.29 is 64.4 Å². The van der Waals surface area contributed by atoms with Crippen molar-refractivity contribution in [3.05, 3.63) is 142 Å². The van der Waals surface area contributed by atoms with E-state index in [9.17, 15) is 54.9 Å². The zero-order chi connectivity index (χ0) is 44.2. The monoisotopic (exact) mass is 840 g/mol. The molecule has 2 heterocycles. The summed E-state index contributed by atoms with van der Waals surface area (Å²) < 4.78 is 122. The SMILES string of the molecule is CCOC(=O)C(O)(c1cn(Cc2cccc(F)c2)c2cc(C#N)ccc12)C(F)(F)F.CCOC(=O)C(O)(c1cn(Cc2cccc(F)c2)c2cc(C#N)ccc12)C(F)(F)F. The van der Waals surface area contributed by atoms with Crippen molar-refractivity contribution in [1.82, 2.24) is 9.13 Å². The fourth-order valence-electron chi connectivity index (χ4n) is 6.45. The molecule has 6 rings (SSSR count). The smallest absolute Gasteiger partial charge is 0.432 e. The second kappa shape index (κ2) is 17.2. The Balaban J connectivity index is 0.000000228. The Bertz CT molecular complexity index is 2480. The number of hydrogen-bond acceptors (Lipinski definition) is 8. The Labute approximate surface area is 335 Å². The van der Waals surface area contributed by atoms with Crippen molar-refractivity contribution in [2.45, 2.75) is 50.5 Å². The van der Waals surface area contributed by atoms with Gasteiger partial charge < -0.3 is 28.8 Å². The molecule has 0 radical (unpaired) electrons. The first-order chi connectivity index (χ1) is 28.2. The summed E-state index contributed by atoms with van der Waals surface area (Å²) in [6, 6.07) is 22.4. The maximum absolute atomic E-state index is 13.9. The largest absolute Gasteiger partial charge is 0.463 e. The van der Waals surface area contributed by atoms with E-state index in [0.717, 1.165) is 12.4 Å². The minimum absolute atomic E-state index is 0.0557. The van der Waals surface area contributed by atoms with Gasteiger partial charge in [-0.3, -0.25) is 0 Å². The number of hydrogen-bond donors (Lipinski definition) is 2. The molecular formula is C42H32F8N4O6. The third kappa shape index (κ3) is 8.52. The number of rotatable bonds is 10. The Morgan fingerprint density at radius 3 is 1.28 bits per heavy atom. The number of ether oxygens (including phenoxy) is 2. The fraction of sp³-hybridized carbons (Fsp3) is 0.238. The van der Waals surface area contributed by atoms with Gasteiger partial charge in [0, 0.05) is 47.4 Å². The van der Waals surface area contributed by atoms with Gasteiger partial charge in [0.05, 0.1) is 47.5 Å². The molecule has 18 heteroatoms. The molecule has 10 nitrogen and oxygen atoms in total. The highest BCUT2D eigenvalue weighted by molar-refractivity contribution is 5.94. The average molecular weight is 841 g/mol. The number of nitriles is 2. The summed E-state index contributed by atoms with van der Waals surface area (Å²) >= 11 is 0. The summed E-state index contributed by atoms with van der Waals surface area (Å²) in [5.74, 6) is -4.77. The van der Waals surface area contributed by atoms with E-state index in [-0.39, 0.29) is 59.2 Å². The van der Waals surface area contributed by atoms with Crippen LogP contribution in [0.15, 0.2) is 97.3 Å². The van der Waals surface area contributed by atoms with Gasteiger partial charge in [0.1, 0.15) is 11.6 Å². The minimum atomic E-state index is -5.37. The molecule has 0 aliphatic heterocycles. The molecular weight excluding hydrogens is 808 g/mol. The van der Waals surface area contributed by atoms with E-state index in [1.165, 1.54) is 95.8 Å². The van der Waals surface area contributed by atoms with Crippen LogP contribution in [0.4, 0.5) is 35.1 Å². The van der Waals surface area contributed by atoms with Gasteiger partial charge in [-0.2, -0.15) is 36.9 Å². The Morgan fingerprint density at radius 2 is 0.983 bits per heavy atom. The van der Waals surface area contributed by atoms with Crippen LogP contribution in [0.25, 0.3) is 21.8 Å². The summed E-state index contributed by atoms with van der Waals surface area (Å²) in [6.07, 6.45) is -8.79. The maximum Gasteiger partial charge on any atom is 0.432 e. The highest BCUT2D eigenvalue weighted by Gasteiger charge is 2.64. The number of fused-ring (bicyclic) bond motifs is 2. The predicted molar refractivity (Wildman–Crippen MR) is 197 cm³/mol. The molecule has 0 aliphatic carbocycles. The zero-order valence-electron chi connectivity index (χ0n) is 31.4. The zero-order valence-corrected chi connectivity index (χ0v) is 31.4. The molecule has 2 unspecified atom stereocenters. The molecule has 312 valence electrons. The van der Waals surface area contributed by atoms with Gasteiger partial charge in [0.2, 0.25) is 0 Å². The highest BCUT2D eigenvalue weighted by Crippen LogP contribution is 2.45. The predicted octanol–water partition coefficient (Wildman–Crippen LogP) is 8.03. The topological polar surface area (TPSA) is 150 Å². The quantitative estimate of drug-likeness (QED) is 0.104. The average Bonchev–Trinajstić information content (AvgIpc) is 3.74. The standard InChI is InChI=1S/2C21H16F4N2O3/c2*1-2-30-19(28)20(29,21(23,24)25)17-12-27(11-14-4-3-5-15(22)8-14)18-9-13(10-26)6-7-16(17)18/h2*3-9,12,29H,2,11H2,1H3. The number of carbonyl (C=O) groups excluding carboxylic acids is 2. The lowest BCUT2D eigenvalue weighted by molar-refractivity contribution is -0.268. The molecule has 60 heavy (non-hydrogen) atoms. The summed E-state index contributed by atoms with van der Waals surface area (Å²) in [6.45, 7) is 1.80. The summed E-state index contributed by atoms with van der Waals surface area (Å²) in [5.41, 5.74) is -7.75. The van der Waals surface area contributed by atoms with Crippen LogP contribution in [0.2, 0.25) is 0 Å². The van der Waals surface area contributed by atoms with Crippen LogP contribution in [-0.4, -0.2) is 56.9 Å². The van der Waals surface area contributed by atoms with E-state index in [1.807, 2.05) is 12.1 Å². The van der Waals surface area contributed by atoms with Gasteiger partial charge >= 0.3 is 24.3 Å². The van der Waals surface area contributed by atoms with E-state index in [0.29, 0.717) is 11.1 Å². The van der Waals surface area contributed by atoms with Gasteiger partial charge in [-0.15, -0.1) is 0 Å². The number of alkyl halides is 6. The lowest BCUT2D eigenvalue weighted by atomic mass is 9.92. The first kappa shape index (κ1) is 44.3. The second-order valence-corrected chi connectivity index (χ2v) is 13.1. The molecule has 6 aromatic rings. The molecule has 0 spiro atoms. The van der Waals surface area contributed by atoms with E-state index in [4.69, 9.17) is 10.5 Å². The van der Waals surface area contributed by atoms with Gasteiger partial charge in [-0.1, -0.05) is 36.4 Å². The first-order valence-corrected chi connectivity index (χ1v) is 17.7. The van der Waals surface area contributed by atoms with Crippen LogP contribution in [0.1, 0.15) is 47.2 Å². The summed E-state index contributed by atoms with van der Waals surface area (Å²) in [5, 5.41) is 39.2. The number of halogens is 8. The van der Waals surface area contributed by atoms with Crippen molar-refractivity contribution >= 4 is 33.7 Å². The molecule has 0 bridgehead atoms. The third-order valence-electron chi connectivity index (χ3n) is 9.25. The molecule has 4 aromatic carbocycles. The van der Waals surface area contributed by atoms with Gasteiger partial charge in [-0.05, 0) is 73.5 Å². The van der Waals surface area contributed by atoms with E-state index >= 15 is 0 Å².